The highest BCUT2D eigenvalue weighted by Gasteiger charge is 2.17. The van der Waals surface area contributed by atoms with Gasteiger partial charge in [0.1, 0.15) is 0 Å². The van der Waals surface area contributed by atoms with E-state index in [0.717, 1.165) is 10.8 Å². The summed E-state index contributed by atoms with van der Waals surface area (Å²) in [5, 5.41) is 1.77. The van der Waals surface area contributed by atoms with Gasteiger partial charge in [0.15, 0.2) is 11.5 Å². The lowest BCUT2D eigenvalue weighted by Gasteiger charge is -2.13. The van der Waals surface area contributed by atoms with Gasteiger partial charge in [-0.05, 0) is 11.5 Å². The van der Waals surface area contributed by atoms with Crippen molar-refractivity contribution in [2.45, 2.75) is 0 Å². The predicted molar refractivity (Wildman–Crippen MR) is 65.6 cm³/mol. The van der Waals surface area contributed by atoms with Crippen molar-refractivity contribution in [3.05, 3.63) is 35.9 Å². The van der Waals surface area contributed by atoms with Crippen molar-refractivity contribution in [3.63, 3.8) is 0 Å². The van der Waals surface area contributed by atoms with Crippen LogP contribution in [0.25, 0.3) is 10.8 Å². The number of rotatable bonds is 3. The molecule has 0 saturated carbocycles. The zero-order valence-electron chi connectivity index (χ0n) is 9.69. The minimum Gasteiger partial charge on any atom is -0.492 e. The van der Waals surface area contributed by atoms with Crippen molar-refractivity contribution in [2.75, 3.05) is 14.2 Å². The first kappa shape index (κ1) is 11.3. The Kier molecular flexibility index (Phi) is 2.87. The van der Waals surface area contributed by atoms with Crippen molar-refractivity contribution in [1.82, 2.24) is 0 Å². The van der Waals surface area contributed by atoms with Gasteiger partial charge in [0.2, 0.25) is 0 Å². The third-order valence-corrected chi connectivity index (χ3v) is 2.63. The van der Waals surface area contributed by atoms with Gasteiger partial charge in [0, 0.05) is 5.39 Å². The summed E-state index contributed by atoms with van der Waals surface area (Å²) in [6, 6.07) is 9.29. The summed E-state index contributed by atoms with van der Waals surface area (Å²) in [5.41, 5.74) is 5.65. The first-order chi connectivity index (χ1) is 8.19. The maximum atomic E-state index is 11.4. The Morgan fingerprint density at radius 3 is 2.35 bits per heavy atom. The van der Waals surface area contributed by atoms with E-state index in [0.29, 0.717) is 17.1 Å². The molecule has 0 saturated heterocycles. The van der Waals surface area contributed by atoms with Crippen molar-refractivity contribution in [1.29, 1.82) is 0 Å². The molecule has 0 radical (unpaired) electrons. The fourth-order valence-electron chi connectivity index (χ4n) is 1.88. The Labute approximate surface area is 98.9 Å². The predicted octanol–water partition coefficient (Wildman–Crippen LogP) is 1.96. The molecule has 0 aromatic heterocycles. The first-order valence-corrected chi connectivity index (χ1v) is 5.12. The molecular formula is C13H13NO3. The normalized spacial score (nSPS) is 10.2. The fraction of sp³-hybridized carbons (Fsp3) is 0.154. The van der Waals surface area contributed by atoms with Gasteiger partial charge in [0.05, 0.1) is 19.8 Å². The summed E-state index contributed by atoms with van der Waals surface area (Å²) in [5.74, 6) is 0.365. The van der Waals surface area contributed by atoms with Crippen LogP contribution in [-0.4, -0.2) is 20.1 Å². The summed E-state index contributed by atoms with van der Waals surface area (Å²) in [7, 11) is 3.02. The molecule has 0 aliphatic rings. The fourth-order valence-corrected chi connectivity index (χ4v) is 1.88. The van der Waals surface area contributed by atoms with E-state index in [2.05, 4.69) is 0 Å². The van der Waals surface area contributed by atoms with Crippen molar-refractivity contribution >= 4 is 16.7 Å². The molecule has 0 fully saturated rings. The molecule has 88 valence electrons. The number of ether oxygens (including phenoxy) is 2. The Hall–Kier alpha value is -2.23. The number of carbonyl (C=O) groups is 1. The van der Waals surface area contributed by atoms with E-state index in [1.165, 1.54) is 14.2 Å². The Morgan fingerprint density at radius 1 is 1.12 bits per heavy atom. The van der Waals surface area contributed by atoms with E-state index in [4.69, 9.17) is 15.2 Å². The highest BCUT2D eigenvalue weighted by atomic mass is 16.5. The van der Waals surface area contributed by atoms with E-state index in [9.17, 15) is 4.79 Å². The van der Waals surface area contributed by atoms with Crippen molar-refractivity contribution in [3.8, 4) is 11.5 Å². The first-order valence-electron chi connectivity index (χ1n) is 5.12. The monoisotopic (exact) mass is 231 g/mol. The Balaban J connectivity index is 2.88. The molecule has 4 nitrogen and oxygen atoms in total. The van der Waals surface area contributed by atoms with Crippen LogP contribution in [0.1, 0.15) is 10.4 Å². The molecule has 0 aliphatic heterocycles. The summed E-state index contributed by atoms with van der Waals surface area (Å²) >= 11 is 0. The number of benzene rings is 2. The van der Waals surface area contributed by atoms with Gasteiger partial charge < -0.3 is 15.2 Å². The van der Waals surface area contributed by atoms with E-state index < -0.39 is 5.91 Å². The lowest BCUT2D eigenvalue weighted by Crippen LogP contribution is -2.13. The van der Waals surface area contributed by atoms with Crippen LogP contribution in [0.3, 0.4) is 0 Å². The quantitative estimate of drug-likeness (QED) is 0.878. The highest BCUT2D eigenvalue weighted by Crippen LogP contribution is 2.38. The number of carbonyl (C=O) groups excluding carboxylic acids is 1. The molecule has 0 heterocycles. The van der Waals surface area contributed by atoms with Crippen LogP contribution in [0.2, 0.25) is 0 Å². The number of nitrogens with two attached hydrogens (primary N) is 1. The van der Waals surface area contributed by atoms with Gasteiger partial charge in [0.25, 0.3) is 5.91 Å². The van der Waals surface area contributed by atoms with Crippen LogP contribution in [0.4, 0.5) is 0 Å². The van der Waals surface area contributed by atoms with E-state index in [1.807, 2.05) is 24.3 Å². The molecule has 0 spiro atoms. The molecule has 0 bridgehead atoms. The smallest absolute Gasteiger partial charge is 0.252 e. The van der Waals surface area contributed by atoms with E-state index in [1.54, 1.807) is 6.07 Å². The minimum absolute atomic E-state index is 0.322. The van der Waals surface area contributed by atoms with Crippen molar-refractivity contribution in [2.24, 2.45) is 5.73 Å². The second-order valence-corrected chi connectivity index (χ2v) is 3.58. The average Bonchev–Trinajstić information content (AvgIpc) is 2.36. The third kappa shape index (κ3) is 1.78. The van der Waals surface area contributed by atoms with Crippen LogP contribution < -0.4 is 15.2 Å². The largest absolute Gasteiger partial charge is 0.492 e. The summed E-state index contributed by atoms with van der Waals surface area (Å²) in [6.45, 7) is 0. The van der Waals surface area contributed by atoms with Crippen LogP contribution in [-0.2, 0) is 0 Å². The molecule has 2 aromatic rings. The van der Waals surface area contributed by atoms with Gasteiger partial charge in [-0.25, -0.2) is 0 Å². The number of fused-ring (bicyclic) bond motifs is 1. The van der Waals surface area contributed by atoms with Gasteiger partial charge in [-0.1, -0.05) is 24.3 Å². The molecular weight excluding hydrogens is 218 g/mol. The molecule has 4 heteroatoms. The lowest BCUT2D eigenvalue weighted by molar-refractivity contribution is 0.0997. The lowest BCUT2D eigenvalue weighted by atomic mass is 10.0. The minimum atomic E-state index is -0.536. The summed E-state index contributed by atoms with van der Waals surface area (Å²) < 4.78 is 10.5. The molecule has 2 N–H and O–H groups in total. The zero-order chi connectivity index (χ0) is 12.4. The number of hydrogen-bond acceptors (Lipinski definition) is 3. The van der Waals surface area contributed by atoms with Crippen LogP contribution in [0.15, 0.2) is 30.3 Å². The molecule has 2 aromatic carbocycles. The number of amides is 1. The number of hydrogen-bond donors (Lipinski definition) is 1. The van der Waals surface area contributed by atoms with Gasteiger partial charge in [-0.15, -0.1) is 0 Å². The molecule has 2 rings (SSSR count). The second kappa shape index (κ2) is 4.33. The third-order valence-electron chi connectivity index (χ3n) is 2.63. The average molecular weight is 231 g/mol. The molecule has 17 heavy (non-hydrogen) atoms. The standard InChI is InChI=1S/C13H13NO3/c1-16-11-9-6-4-3-5-8(9)7-10(13(14)15)12(11)17-2/h3-7H,1-2H3,(H2,14,15). The summed E-state index contributed by atoms with van der Waals surface area (Å²) in [6.07, 6.45) is 0. The number of primary amides is 1. The second-order valence-electron chi connectivity index (χ2n) is 3.58. The van der Waals surface area contributed by atoms with Crippen LogP contribution in [0.5, 0.6) is 11.5 Å². The Bertz CT molecular complexity index is 578. The number of methoxy groups -OCH3 is 2. The molecule has 1 amide bonds. The zero-order valence-corrected chi connectivity index (χ0v) is 9.69. The SMILES string of the molecule is COc1c(C(N)=O)cc2ccccc2c1OC. The van der Waals surface area contributed by atoms with Gasteiger partial charge >= 0.3 is 0 Å². The van der Waals surface area contributed by atoms with Gasteiger partial charge in [-0.3, -0.25) is 4.79 Å². The maximum Gasteiger partial charge on any atom is 0.252 e. The summed E-state index contributed by atoms with van der Waals surface area (Å²) in [4.78, 5) is 11.4. The Morgan fingerprint density at radius 2 is 1.76 bits per heavy atom. The molecule has 0 unspecified atom stereocenters. The maximum absolute atomic E-state index is 11.4. The van der Waals surface area contributed by atoms with Gasteiger partial charge in [-0.2, -0.15) is 0 Å². The molecule has 0 atom stereocenters. The van der Waals surface area contributed by atoms with Crippen LogP contribution in [0, 0.1) is 0 Å². The highest BCUT2D eigenvalue weighted by molar-refractivity contribution is 6.03. The van der Waals surface area contributed by atoms with Crippen LogP contribution >= 0.6 is 0 Å². The van der Waals surface area contributed by atoms with E-state index in [-0.39, 0.29) is 0 Å². The van der Waals surface area contributed by atoms with E-state index >= 15 is 0 Å². The topological polar surface area (TPSA) is 61.5 Å². The van der Waals surface area contributed by atoms with Crippen molar-refractivity contribution < 1.29 is 14.3 Å². The molecule has 0 aliphatic carbocycles.